The molecule has 0 radical (unpaired) electrons. The largest absolute Gasteiger partial charge is 0.339 e. The molecule has 160 valence electrons. The van der Waals surface area contributed by atoms with Gasteiger partial charge in [0.05, 0.1) is 0 Å². The van der Waals surface area contributed by atoms with Crippen molar-refractivity contribution in [1.29, 1.82) is 0 Å². The zero-order chi connectivity index (χ0) is 21.0. The quantitative estimate of drug-likeness (QED) is 0.559. The highest BCUT2D eigenvalue weighted by atomic mass is 32.1. The number of fused-ring (bicyclic) bond motifs is 1. The molecule has 0 bridgehead atoms. The maximum atomic E-state index is 12.8. The summed E-state index contributed by atoms with van der Waals surface area (Å²) in [5.41, 5.74) is 2.36. The Kier molecular flexibility index (Phi) is 6.00. The maximum Gasteiger partial charge on any atom is 0.246 e. The van der Waals surface area contributed by atoms with Crippen molar-refractivity contribution in [2.75, 3.05) is 19.6 Å². The van der Waals surface area contributed by atoms with Crippen molar-refractivity contribution in [3.63, 3.8) is 0 Å². The van der Waals surface area contributed by atoms with E-state index in [4.69, 9.17) is 0 Å². The van der Waals surface area contributed by atoms with Crippen molar-refractivity contribution < 1.29 is 4.79 Å². The molecule has 4 heterocycles. The molecule has 5 rings (SSSR count). The second-order valence-electron chi connectivity index (χ2n) is 8.44. The molecule has 31 heavy (non-hydrogen) atoms. The first-order chi connectivity index (χ1) is 15.3. The highest BCUT2D eigenvalue weighted by Gasteiger charge is 2.37. The van der Waals surface area contributed by atoms with E-state index in [1.54, 1.807) is 17.4 Å². The predicted octanol–water partition coefficient (Wildman–Crippen LogP) is 4.46. The molecule has 3 aromatic rings. The molecular formula is C25H28N4OS. The summed E-state index contributed by atoms with van der Waals surface area (Å²) in [6, 6.07) is 14.9. The van der Waals surface area contributed by atoms with E-state index < -0.39 is 0 Å². The average molecular weight is 433 g/mol. The Morgan fingerprint density at radius 2 is 2.03 bits per heavy atom. The van der Waals surface area contributed by atoms with Gasteiger partial charge in [-0.3, -0.25) is 14.3 Å². The number of likely N-dealkylation sites (tertiary alicyclic amines) is 2. The molecular weight excluding hydrogens is 404 g/mol. The van der Waals surface area contributed by atoms with Crippen LogP contribution in [0.4, 0.5) is 0 Å². The highest BCUT2D eigenvalue weighted by Crippen LogP contribution is 2.32. The molecule has 2 atom stereocenters. The number of amides is 1. The fraction of sp³-hybridized carbons (Fsp3) is 0.360. The summed E-state index contributed by atoms with van der Waals surface area (Å²) in [6.45, 7) is 3.78. The van der Waals surface area contributed by atoms with Gasteiger partial charge in [0.1, 0.15) is 0 Å². The average Bonchev–Trinajstić information content (AvgIpc) is 3.50. The second-order valence-corrected chi connectivity index (χ2v) is 9.31. The first kappa shape index (κ1) is 20.2. The van der Waals surface area contributed by atoms with Crippen molar-refractivity contribution in [2.45, 2.75) is 31.8 Å². The van der Waals surface area contributed by atoms with Crippen LogP contribution in [0.2, 0.25) is 0 Å². The number of nitrogens with zero attached hydrogens (tertiary/aromatic N) is 4. The van der Waals surface area contributed by atoms with Crippen molar-refractivity contribution >= 4 is 23.3 Å². The van der Waals surface area contributed by atoms with E-state index >= 15 is 0 Å². The molecule has 6 heteroatoms. The van der Waals surface area contributed by atoms with Crippen molar-refractivity contribution in [3.05, 3.63) is 77.6 Å². The molecule has 2 saturated heterocycles. The molecule has 5 nitrogen and oxygen atoms in total. The van der Waals surface area contributed by atoms with Gasteiger partial charge >= 0.3 is 0 Å². The van der Waals surface area contributed by atoms with Gasteiger partial charge in [-0.15, -0.1) is 11.3 Å². The number of benzene rings is 1. The van der Waals surface area contributed by atoms with Crippen LogP contribution in [0.5, 0.6) is 0 Å². The lowest BCUT2D eigenvalue weighted by atomic mass is 9.83. The normalized spacial score (nSPS) is 22.0. The summed E-state index contributed by atoms with van der Waals surface area (Å²) >= 11 is 1.67. The number of thiazole rings is 1. The Balaban J connectivity index is 1.23. The van der Waals surface area contributed by atoms with E-state index in [1.807, 2.05) is 52.9 Å². The topological polar surface area (TPSA) is 41.4 Å². The fourth-order valence-electron chi connectivity index (χ4n) is 5.01. The predicted molar refractivity (Wildman–Crippen MR) is 125 cm³/mol. The van der Waals surface area contributed by atoms with E-state index in [1.165, 1.54) is 18.5 Å². The van der Waals surface area contributed by atoms with Gasteiger partial charge in [-0.25, -0.2) is 4.98 Å². The summed E-state index contributed by atoms with van der Waals surface area (Å²) in [5.74, 6) is 0.692. The minimum Gasteiger partial charge on any atom is -0.339 e. The van der Waals surface area contributed by atoms with Gasteiger partial charge in [0, 0.05) is 55.2 Å². The number of piperidine rings is 2. The Morgan fingerprint density at radius 1 is 1.13 bits per heavy atom. The maximum absolute atomic E-state index is 12.8. The number of aromatic nitrogens is 2. The van der Waals surface area contributed by atoms with Gasteiger partial charge in [0.2, 0.25) is 5.91 Å². The summed E-state index contributed by atoms with van der Waals surface area (Å²) in [4.78, 5) is 21.9. The zero-order valence-electron chi connectivity index (χ0n) is 17.6. The van der Waals surface area contributed by atoms with Crippen LogP contribution in [-0.4, -0.2) is 50.9 Å². The number of hydrogen-bond donors (Lipinski definition) is 0. The van der Waals surface area contributed by atoms with Gasteiger partial charge in [-0.2, -0.15) is 0 Å². The number of carbonyl (C=O) groups is 1. The van der Waals surface area contributed by atoms with Crippen molar-refractivity contribution in [2.24, 2.45) is 5.92 Å². The summed E-state index contributed by atoms with van der Waals surface area (Å²) in [6.07, 6.45) is 11.1. The summed E-state index contributed by atoms with van der Waals surface area (Å²) < 4.78 is 2.21. The fourth-order valence-corrected chi connectivity index (χ4v) is 5.67. The molecule has 0 aliphatic carbocycles. The number of hydrogen-bond acceptors (Lipinski definition) is 4. The lowest BCUT2D eigenvalue weighted by molar-refractivity contribution is -0.129. The van der Waals surface area contributed by atoms with E-state index in [-0.39, 0.29) is 5.91 Å². The second kappa shape index (κ2) is 9.20. The first-order valence-corrected chi connectivity index (χ1v) is 12.0. The molecule has 0 N–H and O–H groups in total. The molecule has 0 spiro atoms. The van der Waals surface area contributed by atoms with Gasteiger partial charge < -0.3 is 4.90 Å². The van der Waals surface area contributed by atoms with E-state index in [0.29, 0.717) is 12.0 Å². The molecule has 1 aromatic carbocycles. The molecule has 0 unspecified atom stereocenters. The number of carbonyl (C=O) groups excluding carboxylic acids is 1. The third-order valence-electron chi connectivity index (χ3n) is 6.54. The molecule has 1 amide bonds. The van der Waals surface area contributed by atoms with E-state index in [0.717, 1.165) is 43.3 Å². The molecule has 2 aromatic heterocycles. The van der Waals surface area contributed by atoms with Gasteiger partial charge in [-0.05, 0) is 55.5 Å². The molecule has 0 saturated carbocycles. The van der Waals surface area contributed by atoms with Gasteiger partial charge in [0.15, 0.2) is 5.13 Å². The monoisotopic (exact) mass is 432 g/mol. The molecule has 2 aliphatic heterocycles. The van der Waals surface area contributed by atoms with Crippen molar-refractivity contribution in [1.82, 2.24) is 19.4 Å². The minimum absolute atomic E-state index is 0.136. The zero-order valence-corrected chi connectivity index (χ0v) is 18.5. The van der Waals surface area contributed by atoms with Gasteiger partial charge in [-0.1, -0.05) is 30.3 Å². The SMILES string of the molecule is O=C(/C=C/c1ccccc1)N1CC[C@H]2[C@H](CCCN2Cc2cccn2-c2nccs2)C1. The molecule has 2 aliphatic rings. The Bertz CT molecular complexity index is 1030. The Hall–Kier alpha value is -2.70. The molecule has 2 fully saturated rings. The summed E-state index contributed by atoms with van der Waals surface area (Å²) in [7, 11) is 0. The third-order valence-corrected chi connectivity index (χ3v) is 7.31. The summed E-state index contributed by atoms with van der Waals surface area (Å²) in [5, 5.41) is 3.05. The Labute approximate surface area is 187 Å². The smallest absolute Gasteiger partial charge is 0.246 e. The van der Waals surface area contributed by atoms with Crippen LogP contribution in [-0.2, 0) is 11.3 Å². The van der Waals surface area contributed by atoms with Crippen LogP contribution in [0.15, 0.2) is 66.3 Å². The van der Waals surface area contributed by atoms with E-state index in [2.05, 4.69) is 32.8 Å². The number of rotatable bonds is 5. The van der Waals surface area contributed by atoms with Crippen LogP contribution >= 0.6 is 11.3 Å². The lowest BCUT2D eigenvalue weighted by Crippen LogP contribution is -2.54. The van der Waals surface area contributed by atoms with Crippen LogP contribution in [0.3, 0.4) is 0 Å². The minimum atomic E-state index is 0.136. The van der Waals surface area contributed by atoms with Crippen LogP contribution < -0.4 is 0 Å². The van der Waals surface area contributed by atoms with Gasteiger partial charge in [0.25, 0.3) is 0 Å². The first-order valence-electron chi connectivity index (χ1n) is 11.1. The van der Waals surface area contributed by atoms with Crippen LogP contribution in [0.25, 0.3) is 11.2 Å². The van der Waals surface area contributed by atoms with E-state index in [9.17, 15) is 4.79 Å². The highest BCUT2D eigenvalue weighted by molar-refractivity contribution is 7.12. The third kappa shape index (κ3) is 4.50. The lowest BCUT2D eigenvalue weighted by Gasteiger charge is -2.47. The van der Waals surface area contributed by atoms with Crippen molar-refractivity contribution in [3.8, 4) is 5.13 Å². The van der Waals surface area contributed by atoms with Crippen LogP contribution in [0.1, 0.15) is 30.5 Å². The standard InChI is InChI=1S/C25H28N4OS/c30-24(11-10-20-6-2-1-3-7-20)28-16-12-23-21(18-28)8-4-14-27(23)19-22-9-5-15-29(22)25-26-13-17-31-25/h1-3,5-7,9-11,13,15,17,21,23H,4,8,12,14,16,18-19H2/b11-10+/t21-,23+/m1/s1. The van der Waals surface area contributed by atoms with Crippen LogP contribution in [0, 0.1) is 5.92 Å². The Morgan fingerprint density at radius 3 is 2.87 bits per heavy atom.